The molecule has 0 aliphatic rings. The number of carbonyl (C=O) groups is 2. The average Bonchev–Trinajstić information content (AvgIpc) is 2.68. The lowest BCUT2D eigenvalue weighted by Gasteiger charge is -2.18. The summed E-state index contributed by atoms with van der Waals surface area (Å²) in [6, 6.07) is 17.3. The first-order valence-corrected chi connectivity index (χ1v) is 9.05. The standard InChI is InChI=1S/C21H17Cl2NO3/c1-27-21(26)19(12-16-17(22)7-4-8-18(16)23)24-20(25)15-10-9-13-5-2-3-6-14(13)11-15/h2-11,19H,12H2,1H3,(H,24,25)/t19-/m0/s1. The van der Waals surface area contributed by atoms with Gasteiger partial charge in [-0.15, -0.1) is 0 Å². The summed E-state index contributed by atoms with van der Waals surface area (Å²) in [5.74, 6) is -0.945. The SMILES string of the molecule is COC(=O)[C@H](Cc1c(Cl)cccc1Cl)NC(=O)c1ccc2ccccc2c1. The Kier molecular flexibility index (Phi) is 5.99. The molecule has 3 aromatic carbocycles. The molecule has 0 bridgehead atoms. The molecule has 0 aliphatic carbocycles. The Labute approximate surface area is 167 Å². The van der Waals surface area contributed by atoms with E-state index in [0.29, 0.717) is 21.2 Å². The molecule has 0 aliphatic heterocycles. The molecule has 6 heteroatoms. The zero-order valence-electron chi connectivity index (χ0n) is 14.5. The van der Waals surface area contributed by atoms with Gasteiger partial charge in [-0.25, -0.2) is 4.79 Å². The van der Waals surface area contributed by atoms with Crippen LogP contribution in [0.3, 0.4) is 0 Å². The van der Waals surface area contributed by atoms with Gasteiger partial charge >= 0.3 is 5.97 Å². The van der Waals surface area contributed by atoms with E-state index < -0.39 is 12.0 Å². The number of ether oxygens (including phenoxy) is 1. The van der Waals surface area contributed by atoms with Crippen LogP contribution in [-0.4, -0.2) is 25.0 Å². The zero-order valence-corrected chi connectivity index (χ0v) is 16.1. The fourth-order valence-electron chi connectivity index (χ4n) is 2.84. The van der Waals surface area contributed by atoms with Gasteiger partial charge in [-0.3, -0.25) is 4.79 Å². The molecule has 27 heavy (non-hydrogen) atoms. The number of nitrogens with one attached hydrogen (secondary N) is 1. The molecule has 1 N–H and O–H groups in total. The minimum absolute atomic E-state index is 0.129. The topological polar surface area (TPSA) is 55.4 Å². The molecular weight excluding hydrogens is 385 g/mol. The quantitative estimate of drug-likeness (QED) is 0.632. The Hall–Kier alpha value is -2.56. The number of carbonyl (C=O) groups excluding carboxylic acids is 2. The van der Waals surface area contributed by atoms with Crippen molar-refractivity contribution in [2.75, 3.05) is 7.11 Å². The third-order valence-electron chi connectivity index (χ3n) is 4.27. The van der Waals surface area contributed by atoms with Gasteiger partial charge in [0.05, 0.1) is 7.11 Å². The molecule has 0 saturated carbocycles. The van der Waals surface area contributed by atoms with Crippen molar-refractivity contribution in [2.45, 2.75) is 12.5 Å². The molecular formula is C21H17Cl2NO3. The highest BCUT2D eigenvalue weighted by atomic mass is 35.5. The maximum Gasteiger partial charge on any atom is 0.328 e. The summed E-state index contributed by atoms with van der Waals surface area (Å²) in [4.78, 5) is 24.9. The van der Waals surface area contributed by atoms with Crippen LogP contribution in [0.5, 0.6) is 0 Å². The van der Waals surface area contributed by atoms with Crippen molar-refractivity contribution in [3.05, 3.63) is 81.8 Å². The van der Waals surface area contributed by atoms with Crippen LogP contribution in [0.4, 0.5) is 0 Å². The van der Waals surface area contributed by atoms with Crippen LogP contribution >= 0.6 is 23.2 Å². The van der Waals surface area contributed by atoms with Crippen molar-refractivity contribution >= 4 is 45.9 Å². The van der Waals surface area contributed by atoms with E-state index in [0.717, 1.165) is 10.8 Å². The molecule has 0 heterocycles. The number of benzene rings is 3. The highest BCUT2D eigenvalue weighted by Gasteiger charge is 2.24. The molecule has 4 nitrogen and oxygen atoms in total. The van der Waals surface area contributed by atoms with Gasteiger partial charge in [0, 0.05) is 22.0 Å². The van der Waals surface area contributed by atoms with E-state index >= 15 is 0 Å². The fourth-order valence-corrected chi connectivity index (χ4v) is 3.39. The number of hydrogen-bond donors (Lipinski definition) is 1. The largest absolute Gasteiger partial charge is 0.467 e. The van der Waals surface area contributed by atoms with Crippen LogP contribution in [0, 0.1) is 0 Å². The first kappa shape index (κ1) is 19.2. The second kappa shape index (κ2) is 8.42. The Morgan fingerprint density at radius 3 is 2.30 bits per heavy atom. The molecule has 0 saturated heterocycles. The Balaban J connectivity index is 1.85. The van der Waals surface area contributed by atoms with Crippen LogP contribution in [0.25, 0.3) is 10.8 Å². The maximum atomic E-state index is 12.7. The first-order valence-electron chi connectivity index (χ1n) is 8.30. The molecule has 138 valence electrons. The Morgan fingerprint density at radius 1 is 0.963 bits per heavy atom. The number of amides is 1. The van der Waals surface area contributed by atoms with Gasteiger partial charge in [0.1, 0.15) is 6.04 Å². The summed E-state index contributed by atoms with van der Waals surface area (Å²) in [6.45, 7) is 0. The van der Waals surface area contributed by atoms with Crippen molar-refractivity contribution < 1.29 is 14.3 Å². The second-order valence-corrected chi connectivity index (χ2v) is 6.83. The molecule has 1 amide bonds. The molecule has 3 aromatic rings. The zero-order chi connectivity index (χ0) is 19.4. The van der Waals surface area contributed by atoms with Gasteiger partial charge in [-0.1, -0.05) is 59.6 Å². The van der Waals surface area contributed by atoms with Crippen molar-refractivity contribution in [3.63, 3.8) is 0 Å². The van der Waals surface area contributed by atoms with E-state index in [1.807, 2.05) is 30.3 Å². The predicted octanol–water partition coefficient (Wildman–Crippen LogP) is 4.66. The number of halogens is 2. The number of hydrogen-bond acceptors (Lipinski definition) is 3. The van der Waals surface area contributed by atoms with E-state index in [2.05, 4.69) is 5.32 Å². The van der Waals surface area contributed by atoms with E-state index in [9.17, 15) is 9.59 Å². The van der Waals surface area contributed by atoms with Crippen molar-refractivity contribution in [1.82, 2.24) is 5.32 Å². The summed E-state index contributed by atoms with van der Waals surface area (Å²) >= 11 is 12.4. The molecule has 0 aromatic heterocycles. The van der Waals surface area contributed by atoms with Crippen LogP contribution in [0.1, 0.15) is 15.9 Å². The lowest BCUT2D eigenvalue weighted by atomic mass is 10.0. The average molecular weight is 402 g/mol. The highest BCUT2D eigenvalue weighted by molar-refractivity contribution is 6.36. The normalized spacial score (nSPS) is 11.8. The van der Waals surface area contributed by atoms with Gasteiger partial charge in [0.25, 0.3) is 5.91 Å². The number of esters is 1. The monoisotopic (exact) mass is 401 g/mol. The molecule has 0 spiro atoms. The third-order valence-corrected chi connectivity index (χ3v) is 4.98. The van der Waals surface area contributed by atoms with Gasteiger partial charge in [-0.2, -0.15) is 0 Å². The smallest absolute Gasteiger partial charge is 0.328 e. The Morgan fingerprint density at radius 2 is 1.63 bits per heavy atom. The van der Waals surface area contributed by atoms with E-state index in [-0.39, 0.29) is 12.3 Å². The van der Waals surface area contributed by atoms with Crippen LogP contribution < -0.4 is 5.32 Å². The number of methoxy groups -OCH3 is 1. The van der Waals surface area contributed by atoms with E-state index in [1.165, 1.54) is 7.11 Å². The lowest BCUT2D eigenvalue weighted by Crippen LogP contribution is -2.43. The summed E-state index contributed by atoms with van der Waals surface area (Å²) < 4.78 is 4.83. The lowest BCUT2D eigenvalue weighted by molar-refractivity contribution is -0.142. The second-order valence-electron chi connectivity index (χ2n) is 6.02. The van der Waals surface area contributed by atoms with E-state index in [1.54, 1.807) is 30.3 Å². The van der Waals surface area contributed by atoms with Crippen molar-refractivity contribution in [3.8, 4) is 0 Å². The number of rotatable bonds is 5. The highest BCUT2D eigenvalue weighted by Crippen LogP contribution is 2.26. The molecule has 3 rings (SSSR count). The minimum atomic E-state index is -0.911. The third kappa shape index (κ3) is 4.41. The van der Waals surface area contributed by atoms with E-state index in [4.69, 9.17) is 27.9 Å². The summed E-state index contributed by atoms with van der Waals surface area (Å²) in [7, 11) is 1.27. The van der Waals surface area contributed by atoms with Gasteiger partial charge in [0.15, 0.2) is 0 Å². The van der Waals surface area contributed by atoms with Gasteiger partial charge in [-0.05, 0) is 40.6 Å². The Bertz CT molecular complexity index is 983. The summed E-state index contributed by atoms with van der Waals surface area (Å²) in [5, 5.41) is 5.54. The molecule has 0 radical (unpaired) electrons. The van der Waals surface area contributed by atoms with Crippen molar-refractivity contribution in [2.24, 2.45) is 0 Å². The molecule has 0 unspecified atom stereocenters. The predicted molar refractivity (Wildman–Crippen MR) is 107 cm³/mol. The van der Waals surface area contributed by atoms with Crippen LogP contribution in [0.2, 0.25) is 10.0 Å². The van der Waals surface area contributed by atoms with Crippen LogP contribution in [0.15, 0.2) is 60.7 Å². The fraction of sp³-hybridized carbons (Fsp3) is 0.143. The van der Waals surface area contributed by atoms with Crippen LogP contribution in [-0.2, 0) is 16.0 Å². The number of fused-ring (bicyclic) bond motifs is 1. The van der Waals surface area contributed by atoms with Gasteiger partial charge in [0.2, 0.25) is 0 Å². The summed E-state index contributed by atoms with van der Waals surface area (Å²) in [6.07, 6.45) is 0.129. The van der Waals surface area contributed by atoms with Gasteiger partial charge < -0.3 is 10.1 Å². The minimum Gasteiger partial charge on any atom is -0.467 e. The maximum absolute atomic E-state index is 12.7. The molecule has 1 atom stereocenters. The van der Waals surface area contributed by atoms with Crippen molar-refractivity contribution in [1.29, 1.82) is 0 Å². The molecule has 0 fully saturated rings. The summed E-state index contributed by atoms with van der Waals surface area (Å²) in [5.41, 5.74) is 1.03. The first-order chi connectivity index (χ1) is 13.0.